The maximum Gasteiger partial charge on any atom is 0.191 e. The molecule has 2 heterocycles. The van der Waals surface area contributed by atoms with E-state index < -0.39 is 0 Å². The Morgan fingerprint density at radius 1 is 1.22 bits per heavy atom. The van der Waals surface area contributed by atoms with E-state index in [-0.39, 0.29) is 17.7 Å². The van der Waals surface area contributed by atoms with E-state index >= 15 is 0 Å². The van der Waals surface area contributed by atoms with Crippen molar-refractivity contribution in [3.05, 3.63) is 66.4 Å². The Morgan fingerprint density at radius 2 is 2.04 bits per heavy atom. The van der Waals surface area contributed by atoms with E-state index in [0.717, 1.165) is 17.8 Å². The second kappa shape index (κ2) is 9.02. The lowest BCUT2D eigenvalue weighted by atomic mass is 10.3. The summed E-state index contributed by atoms with van der Waals surface area (Å²) in [7, 11) is 1.71. The third-order valence-corrected chi connectivity index (χ3v) is 4.03. The number of hydrogen-bond acceptors (Lipinski definition) is 3. The van der Waals surface area contributed by atoms with Gasteiger partial charge in [0, 0.05) is 32.4 Å². The first kappa shape index (κ1) is 18.7. The molecule has 0 aliphatic heterocycles. The molecule has 2 aromatic heterocycles. The van der Waals surface area contributed by atoms with Gasteiger partial charge in [-0.25, -0.2) is 9.37 Å². The molecule has 1 aromatic carbocycles. The van der Waals surface area contributed by atoms with Crippen LogP contribution in [0.4, 0.5) is 4.39 Å². The summed E-state index contributed by atoms with van der Waals surface area (Å²) in [5.41, 5.74) is 1.95. The van der Waals surface area contributed by atoms with Crippen molar-refractivity contribution >= 4 is 11.6 Å². The van der Waals surface area contributed by atoms with Crippen LogP contribution < -0.4 is 15.4 Å². The van der Waals surface area contributed by atoms with Gasteiger partial charge in [-0.2, -0.15) is 0 Å². The van der Waals surface area contributed by atoms with Crippen LogP contribution >= 0.6 is 0 Å². The molecule has 0 spiro atoms. The van der Waals surface area contributed by atoms with Crippen molar-refractivity contribution in [1.29, 1.82) is 0 Å². The van der Waals surface area contributed by atoms with Crippen molar-refractivity contribution in [3.63, 3.8) is 0 Å². The average molecular weight is 369 g/mol. The smallest absolute Gasteiger partial charge is 0.191 e. The predicted molar refractivity (Wildman–Crippen MR) is 105 cm³/mol. The minimum atomic E-state index is -0.362. The number of guanidine groups is 1. The van der Waals surface area contributed by atoms with Crippen LogP contribution in [0.1, 0.15) is 12.6 Å². The molecule has 1 unspecified atom stereocenters. The van der Waals surface area contributed by atoms with Gasteiger partial charge in [0.05, 0.1) is 12.2 Å². The molecule has 27 heavy (non-hydrogen) atoms. The quantitative estimate of drug-likeness (QED) is 0.496. The Balaban J connectivity index is 1.43. The minimum absolute atomic E-state index is 0.209. The first-order chi connectivity index (χ1) is 13.2. The van der Waals surface area contributed by atoms with Gasteiger partial charge in [-0.1, -0.05) is 18.2 Å². The predicted octanol–water partition coefficient (Wildman–Crippen LogP) is 2.65. The lowest BCUT2D eigenvalue weighted by Gasteiger charge is -2.18. The third kappa shape index (κ3) is 5.20. The van der Waals surface area contributed by atoms with Crippen molar-refractivity contribution in [3.8, 4) is 5.75 Å². The first-order valence-corrected chi connectivity index (χ1v) is 8.94. The summed E-state index contributed by atoms with van der Waals surface area (Å²) in [5, 5.41) is 6.44. The van der Waals surface area contributed by atoms with E-state index in [2.05, 4.69) is 20.6 Å². The van der Waals surface area contributed by atoms with Gasteiger partial charge in [0.2, 0.25) is 0 Å². The summed E-state index contributed by atoms with van der Waals surface area (Å²) in [5.74, 6) is 0.559. The molecule has 0 aliphatic carbocycles. The lowest BCUT2D eigenvalue weighted by Crippen LogP contribution is -2.42. The molecule has 0 aliphatic rings. The maximum atomic E-state index is 13.6. The highest BCUT2D eigenvalue weighted by Gasteiger charge is 2.09. The summed E-state index contributed by atoms with van der Waals surface area (Å²) < 4.78 is 21.2. The van der Waals surface area contributed by atoms with Gasteiger partial charge < -0.3 is 19.8 Å². The van der Waals surface area contributed by atoms with Gasteiger partial charge >= 0.3 is 0 Å². The summed E-state index contributed by atoms with van der Waals surface area (Å²) >= 11 is 0. The zero-order valence-corrected chi connectivity index (χ0v) is 15.5. The Labute approximate surface area is 158 Å². The van der Waals surface area contributed by atoms with Gasteiger partial charge in [-0.05, 0) is 31.2 Å². The molecule has 0 radical (unpaired) electrons. The number of rotatable bonds is 7. The molecule has 0 fully saturated rings. The van der Waals surface area contributed by atoms with E-state index in [1.54, 1.807) is 25.2 Å². The van der Waals surface area contributed by atoms with Crippen LogP contribution in [0.15, 0.2) is 59.9 Å². The van der Waals surface area contributed by atoms with Crippen LogP contribution in [0.25, 0.3) is 5.65 Å². The van der Waals surface area contributed by atoms with E-state index in [9.17, 15) is 4.39 Å². The zero-order valence-electron chi connectivity index (χ0n) is 15.5. The number of hydrogen-bond donors (Lipinski definition) is 2. The fraction of sp³-hybridized carbons (Fsp3) is 0.300. The van der Waals surface area contributed by atoms with Crippen LogP contribution in [-0.4, -0.2) is 41.6 Å². The van der Waals surface area contributed by atoms with Crippen LogP contribution in [0.2, 0.25) is 0 Å². The lowest BCUT2D eigenvalue weighted by molar-refractivity contribution is 0.214. The number of aromatic nitrogens is 2. The normalized spacial score (nSPS) is 12.8. The summed E-state index contributed by atoms with van der Waals surface area (Å²) in [6.07, 6.45) is 4.58. The number of pyridine rings is 1. The van der Waals surface area contributed by atoms with Crippen LogP contribution in [0, 0.1) is 5.82 Å². The minimum Gasteiger partial charge on any atom is -0.486 e. The fourth-order valence-corrected chi connectivity index (χ4v) is 2.68. The summed E-state index contributed by atoms with van der Waals surface area (Å²) in [4.78, 5) is 8.77. The molecule has 3 rings (SSSR count). The van der Waals surface area contributed by atoms with Gasteiger partial charge in [-0.3, -0.25) is 4.99 Å². The van der Waals surface area contributed by atoms with E-state index in [1.807, 2.05) is 41.9 Å². The Hall–Kier alpha value is -3.09. The van der Waals surface area contributed by atoms with Crippen molar-refractivity contribution in [1.82, 2.24) is 20.0 Å². The number of halogens is 1. The largest absolute Gasteiger partial charge is 0.486 e. The van der Waals surface area contributed by atoms with Crippen molar-refractivity contribution in [2.45, 2.75) is 19.4 Å². The first-order valence-electron chi connectivity index (χ1n) is 8.94. The molecule has 0 saturated heterocycles. The number of para-hydroxylation sites is 1. The van der Waals surface area contributed by atoms with Crippen LogP contribution in [0.3, 0.4) is 0 Å². The van der Waals surface area contributed by atoms with Crippen LogP contribution in [-0.2, 0) is 6.42 Å². The summed E-state index contributed by atoms with van der Waals surface area (Å²) in [6, 6.07) is 12.3. The molecule has 1 atom stereocenters. The number of aliphatic imine (C=N–C) groups is 1. The van der Waals surface area contributed by atoms with Gasteiger partial charge in [0.15, 0.2) is 17.5 Å². The van der Waals surface area contributed by atoms with Gasteiger partial charge in [0.1, 0.15) is 11.8 Å². The van der Waals surface area contributed by atoms with Crippen LogP contribution in [0.5, 0.6) is 5.75 Å². The highest BCUT2D eigenvalue weighted by atomic mass is 19.1. The Bertz CT molecular complexity index is 875. The Kier molecular flexibility index (Phi) is 6.25. The van der Waals surface area contributed by atoms with Gasteiger partial charge in [0.25, 0.3) is 0 Å². The molecule has 142 valence electrons. The van der Waals surface area contributed by atoms with E-state index in [1.165, 1.54) is 6.07 Å². The molecular weight excluding hydrogens is 345 g/mol. The molecule has 3 aromatic rings. The van der Waals surface area contributed by atoms with E-state index in [4.69, 9.17) is 4.74 Å². The highest BCUT2D eigenvalue weighted by Crippen LogP contribution is 2.16. The molecule has 6 nitrogen and oxygen atoms in total. The second-order valence-electron chi connectivity index (χ2n) is 6.19. The maximum absolute atomic E-state index is 13.6. The molecule has 0 saturated carbocycles. The Morgan fingerprint density at radius 3 is 2.81 bits per heavy atom. The number of fused-ring (bicyclic) bond motifs is 1. The van der Waals surface area contributed by atoms with Crippen molar-refractivity contribution in [2.24, 2.45) is 4.99 Å². The SMILES string of the molecule is CN=C(NCCc1cn2ccccc2n1)NCC(C)Oc1ccccc1F. The molecule has 0 bridgehead atoms. The van der Waals surface area contributed by atoms with E-state index in [0.29, 0.717) is 19.0 Å². The standard InChI is InChI=1S/C20H24FN5O/c1-15(27-18-8-4-3-7-17(18)21)13-24-20(22-2)23-11-10-16-14-26-12-6-5-9-19(26)25-16/h3-9,12,14-15H,10-11,13H2,1-2H3,(H2,22,23,24). The molecular formula is C20H24FN5O. The fourth-order valence-electron chi connectivity index (χ4n) is 2.68. The summed E-state index contributed by atoms with van der Waals surface area (Å²) in [6.45, 7) is 3.08. The number of nitrogens with zero attached hydrogens (tertiary/aromatic N) is 3. The number of ether oxygens (including phenoxy) is 1. The van der Waals surface area contributed by atoms with Crippen molar-refractivity contribution < 1.29 is 9.13 Å². The average Bonchev–Trinajstić information content (AvgIpc) is 3.09. The molecule has 7 heteroatoms. The highest BCUT2D eigenvalue weighted by molar-refractivity contribution is 5.79. The molecule has 2 N–H and O–H groups in total. The number of imidazole rings is 1. The topological polar surface area (TPSA) is 63.0 Å². The monoisotopic (exact) mass is 369 g/mol. The molecule has 0 amide bonds. The van der Waals surface area contributed by atoms with Crippen molar-refractivity contribution in [2.75, 3.05) is 20.1 Å². The number of benzene rings is 1. The van der Waals surface area contributed by atoms with Gasteiger partial charge in [-0.15, -0.1) is 0 Å². The zero-order chi connectivity index (χ0) is 19.1. The third-order valence-electron chi connectivity index (χ3n) is 4.03. The number of nitrogens with one attached hydrogen (secondary N) is 2. The second-order valence-corrected chi connectivity index (χ2v) is 6.19.